The van der Waals surface area contributed by atoms with Crippen LogP contribution in [0, 0.1) is 16.7 Å². The number of fused-ring (bicyclic) bond motifs is 1. The van der Waals surface area contributed by atoms with Gasteiger partial charge in [-0.15, -0.1) is 0 Å². The maximum atomic E-state index is 7.93. The third-order valence-electron chi connectivity index (χ3n) is 8.89. The average Bonchev–Trinajstić information content (AvgIpc) is 3.14. The van der Waals surface area contributed by atoms with Gasteiger partial charge >= 0.3 is 195 Å². The van der Waals surface area contributed by atoms with E-state index in [9.17, 15) is 0 Å². The SMILES string of the molecule is [B]=C(C)C1CC(C)(CCc2c(C3CCCCC3)n(C3C=CC=CC3)c3cc(C=N)c(N)cc23)C1. The summed E-state index contributed by atoms with van der Waals surface area (Å²) >= 11 is 0. The van der Waals surface area contributed by atoms with Gasteiger partial charge in [0.1, 0.15) is 0 Å². The molecule has 2 saturated carbocycles. The second-order valence-electron chi connectivity index (χ2n) is 11.5. The zero-order chi connectivity index (χ0) is 23.9. The molecule has 1 aromatic heterocycles. The number of anilines is 1. The van der Waals surface area contributed by atoms with E-state index in [1.165, 1.54) is 74.0 Å². The molecule has 4 heteroatoms. The Morgan fingerprint density at radius 3 is 2.62 bits per heavy atom. The van der Waals surface area contributed by atoms with Crippen LogP contribution < -0.4 is 5.73 Å². The number of nitrogens with zero attached hydrogens (tertiary/aromatic N) is 1. The van der Waals surface area contributed by atoms with Crippen molar-refractivity contribution < 1.29 is 0 Å². The fourth-order valence-electron chi connectivity index (χ4n) is 6.88. The predicted octanol–water partition coefficient (Wildman–Crippen LogP) is 7.04. The predicted molar refractivity (Wildman–Crippen MR) is 148 cm³/mol. The maximum absolute atomic E-state index is 7.93. The third-order valence-corrected chi connectivity index (χ3v) is 8.89. The van der Waals surface area contributed by atoms with E-state index in [4.69, 9.17) is 18.6 Å². The van der Waals surface area contributed by atoms with Gasteiger partial charge in [-0.2, -0.15) is 0 Å². The normalized spacial score (nSPS) is 27.1. The fraction of sp³-hybridized carbons (Fsp3) is 0.533. The number of benzene rings is 1. The first-order chi connectivity index (χ1) is 16.4. The molecular weight excluding hydrogens is 413 g/mol. The van der Waals surface area contributed by atoms with Gasteiger partial charge in [-0.25, -0.2) is 0 Å². The number of aromatic nitrogens is 1. The second kappa shape index (κ2) is 9.36. The van der Waals surface area contributed by atoms with Crippen LogP contribution in [0.2, 0.25) is 0 Å². The molecule has 1 aromatic carbocycles. The van der Waals surface area contributed by atoms with E-state index >= 15 is 0 Å². The number of nitrogens with one attached hydrogen (secondary N) is 1. The molecule has 1 atom stereocenters. The van der Waals surface area contributed by atoms with Gasteiger partial charge in [-0.05, 0) is 0 Å². The minimum atomic E-state index is 0.332. The molecule has 1 radical (unpaired) electrons. The van der Waals surface area contributed by atoms with Crippen molar-refractivity contribution in [2.24, 2.45) is 11.3 Å². The molecule has 2 aromatic rings. The molecule has 2 fully saturated rings. The van der Waals surface area contributed by atoms with Crippen LogP contribution in [-0.2, 0) is 6.42 Å². The van der Waals surface area contributed by atoms with E-state index in [1.807, 2.05) is 0 Å². The molecule has 0 aliphatic heterocycles. The van der Waals surface area contributed by atoms with Crippen LogP contribution in [-0.4, -0.2) is 23.7 Å². The minimum absolute atomic E-state index is 0.332. The molecule has 3 aliphatic carbocycles. The van der Waals surface area contributed by atoms with Crippen molar-refractivity contribution in [3.8, 4) is 0 Å². The zero-order valence-corrected chi connectivity index (χ0v) is 20.9. The number of hydrogen-bond acceptors (Lipinski definition) is 2. The van der Waals surface area contributed by atoms with Crippen molar-refractivity contribution in [3.05, 3.63) is 53.3 Å². The Labute approximate surface area is 206 Å². The number of nitrogens with two attached hydrogens (primary N) is 1. The summed E-state index contributed by atoms with van der Waals surface area (Å²) in [5.41, 5.74) is 13.8. The molecular formula is C30H39BN3. The molecule has 0 amide bonds. The van der Waals surface area contributed by atoms with Gasteiger partial charge in [-0.3, -0.25) is 0 Å². The Morgan fingerprint density at radius 1 is 1.21 bits per heavy atom. The van der Waals surface area contributed by atoms with Crippen LogP contribution in [0.25, 0.3) is 10.9 Å². The van der Waals surface area contributed by atoms with Crippen molar-refractivity contribution in [1.29, 1.82) is 5.41 Å². The van der Waals surface area contributed by atoms with Crippen molar-refractivity contribution in [1.82, 2.24) is 4.57 Å². The van der Waals surface area contributed by atoms with Gasteiger partial charge in [0.2, 0.25) is 0 Å². The topological polar surface area (TPSA) is 54.8 Å². The monoisotopic (exact) mass is 452 g/mol. The van der Waals surface area contributed by atoms with Gasteiger partial charge < -0.3 is 5.41 Å². The Balaban J connectivity index is 1.62. The van der Waals surface area contributed by atoms with Gasteiger partial charge in [0, 0.05) is 0 Å². The Morgan fingerprint density at radius 2 is 1.97 bits per heavy atom. The van der Waals surface area contributed by atoms with E-state index in [0.717, 1.165) is 29.6 Å². The Hall–Kier alpha value is -2.36. The van der Waals surface area contributed by atoms with Crippen LogP contribution >= 0.6 is 0 Å². The van der Waals surface area contributed by atoms with Crippen LogP contribution in [0.5, 0.6) is 0 Å². The molecule has 3 nitrogen and oxygen atoms in total. The summed E-state index contributed by atoms with van der Waals surface area (Å²) in [5.74, 6) is 1.20. The summed E-state index contributed by atoms with van der Waals surface area (Å²) in [5, 5.41) is 9.24. The van der Waals surface area contributed by atoms with Gasteiger partial charge in [-0.1, -0.05) is 6.08 Å². The quantitative estimate of drug-likeness (QED) is 0.264. The van der Waals surface area contributed by atoms with Crippen LogP contribution in [0.4, 0.5) is 5.69 Å². The van der Waals surface area contributed by atoms with Gasteiger partial charge in [0.05, 0.1) is 0 Å². The summed E-state index contributed by atoms with van der Waals surface area (Å²) in [6, 6.07) is 4.67. The standard InChI is InChI=1S/C30H39BN3/c1-20(31)23-17-30(2,18-23)14-13-25-26-16-27(33)22(19-32)15-28(26)34(24-11-7-4-8-12-24)29(25)21-9-5-3-6-10-21/h4,7-8,11,15-16,19,21,23-24,32H,3,5-6,9-10,12-14,17-18,33H2,1-2H3. The second-order valence-corrected chi connectivity index (χ2v) is 11.5. The number of nitrogen functional groups attached to an aromatic ring is 1. The molecule has 0 saturated heterocycles. The number of allylic oxidation sites excluding steroid dienone is 4. The van der Waals surface area contributed by atoms with Crippen LogP contribution in [0.15, 0.2) is 36.4 Å². The van der Waals surface area contributed by atoms with Crippen molar-refractivity contribution in [3.63, 3.8) is 0 Å². The van der Waals surface area contributed by atoms with Crippen molar-refractivity contribution in [2.75, 3.05) is 5.73 Å². The summed E-state index contributed by atoms with van der Waals surface area (Å²) < 4.78 is 2.64. The molecule has 177 valence electrons. The Kier molecular flexibility index (Phi) is 6.44. The molecule has 3 N–H and O–H groups in total. The fourth-order valence-corrected chi connectivity index (χ4v) is 6.88. The van der Waals surface area contributed by atoms with Crippen molar-refractivity contribution >= 4 is 35.8 Å². The molecule has 5 rings (SSSR count). The molecule has 34 heavy (non-hydrogen) atoms. The summed E-state index contributed by atoms with van der Waals surface area (Å²) in [6.07, 6.45) is 22.7. The number of aryl methyl sites for hydroxylation is 1. The first kappa shape index (κ1) is 23.4. The summed E-state index contributed by atoms with van der Waals surface area (Å²) in [7, 11) is 6.12. The molecule has 1 heterocycles. The molecule has 0 spiro atoms. The molecule has 3 aliphatic rings. The third kappa shape index (κ3) is 4.25. The van der Waals surface area contributed by atoms with E-state index in [0.29, 0.717) is 23.3 Å². The van der Waals surface area contributed by atoms with Crippen LogP contribution in [0.3, 0.4) is 0 Å². The molecule has 1 unspecified atom stereocenters. The van der Waals surface area contributed by atoms with Crippen molar-refractivity contribution in [2.45, 2.75) is 90.0 Å². The zero-order valence-electron chi connectivity index (χ0n) is 20.9. The summed E-state index contributed by atoms with van der Waals surface area (Å²) in [6.45, 7) is 4.52. The summed E-state index contributed by atoms with van der Waals surface area (Å²) in [4.78, 5) is 0. The average molecular weight is 452 g/mol. The van der Waals surface area contributed by atoms with E-state index in [1.54, 1.807) is 5.69 Å². The van der Waals surface area contributed by atoms with Gasteiger partial charge in [0.15, 0.2) is 0 Å². The first-order valence-corrected chi connectivity index (χ1v) is 13.3. The Bertz CT molecular complexity index is 1160. The number of hydrogen-bond donors (Lipinski definition) is 2. The number of rotatable bonds is 7. The van der Waals surface area contributed by atoms with E-state index in [2.05, 4.69) is 54.9 Å². The van der Waals surface area contributed by atoms with E-state index < -0.39 is 0 Å². The first-order valence-electron chi connectivity index (χ1n) is 13.3. The van der Waals surface area contributed by atoms with Gasteiger partial charge in [0.25, 0.3) is 0 Å². The van der Waals surface area contributed by atoms with E-state index in [-0.39, 0.29) is 0 Å². The molecule has 0 bridgehead atoms. The van der Waals surface area contributed by atoms with Crippen LogP contribution in [0.1, 0.15) is 100 Å².